The number of rotatable bonds is 6. The van der Waals surface area contributed by atoms with Crippen molar-refractivity contribution in [3.05, 3.63) is 47.0 Å². The number of methoxy groups -OCH3 is 2. The van der Waals surface area contributed by atoms with Gasteiger partial charge in [-0.1, -0.05) is 0 Å². The van der Waals surface area contributed by atoms with Crippen LogP contribution in [0.2, 0.25) is 0 Å². The average molecular weight is 433 g/mol. The smallest absolute Gasteiger partial charge is 0.243 e. The Balaban J connectivity index is 1.57. The largest absolute Gasteiger partial charge is 0.493 e. The number of morpholine rings is 1. The zero-order valence-corrected chi connectivity index (χ0v) is 18.5. The SMILES string of the molecule is COc1cc(C)c(CN2CCc3cc(S(=O)(=O)N4CCOCC4)ccc32)cc1OC. The molecule has 2 aromatic rings. The minimum atomic E-state index is -3.48. The highest BCUT2D eigenvalue weighted by Gasteiger charge is 2.29. The molecule has 0 spiro atoms. The van der Waals surface area contributed by atoms with E-state index in [-0.39, 0.29) is 0 Å². The third kappa shape index (κ3) is 3.87. The van der Waals surface area contributed by atoms with Crippen molar-refractivity contribution in [1.29, 1.82) is 0 Å². The fraction of sp³-hybridized carbons (Fsp3) is 0.455. The molecule has 0 radical (unpaired) electrons. The number of hydrogen-bond acceptors (Lipinski definition) is 6. The van der Waals surface area contributed by atoms with Crippen LogP contribution in [-0.2, 0) is 27.7 Å². The lowest BCUT2D eigenvalue weighted by Gasteiger charge is -2.26. The molecule has 0 saturated carbocycles. The van der Waals surface area contributed by atoms with Gasteiger partial charge in [0.1, 0.15) is 0 Å². The van der Waals surface area contributed by atoms with Gasteiger partial charge in [0.25, 0.3) is 0 Å². The molecule has 2 aromatic carbocycles. The van der Waals surface area contributed by atoms with E-state index in [2.05, 4.69) is 11.8 Å². The van der Waals surface area contributed by atoms with E-state index in [1.54, 1.807) is 20.3 Å². The summed E-state index contributed by atoms with van der Waals surface area (Å²) in [7, 11) is -0.206. The number of benzene rings is 2. The second-order valence-electron chi connectivity index (χ2n) is 7.61. The molecule has 0 aliphatic carbocycles. The Kier molecular flexibility index (Phi) is 5.90. The summed E-state index contributed by atoms with van der Waals surface area (Å²) in [6.07, 6.45) is 0.828. The summed E-state index contributed by atoms with van der Waals surface area (Å²) in [5.74, 6) is 1.43. The van der Waals surface area contributed by atoms with Crippen molar-refractivity contribution >= 4 is 15.7 Å². The second-order valence-corrected chi connectivity index (χ2v) is 9.55. The van der Waals surface area contributed by atoms with Crippen LogP contribution in [0.3, 0.4) is 0 Å². The normalized spacial score (nSPS) is 17.1. The molecule has 0 aromatic heterocycles. The van der Waals surface area contributed by atoms with Gasteiger partial charge in [0.2, 0.25) is 10.0 Å². The molecule has 2 heterocycles. The van der Waals surface area contributed by atoms with Crippen molar-refractivity contribution in [2.45, 2.75) is 24.8 Å². The lowest BCUT2D eigenvalue weighted by Crippen LogP contribution is -2.40. The van der Waals surface area contributed by atoms with Crippen molar-refractivity contribution in [3.63, 3.8) is 0 Å². The molecule has 30 heavy (non-hydrogen) atoms. The van der Waals surface area contributed by atoms with E-state index in [0.717, 1.165) is 47.6 Å². The topological polar surface area (TPSA) is 68.3 Å². The summed E-state index contributed by atoms with van der Waals surface area (Å²) >= 11 is 0. The van der Waals surface area contributed by atoms with E-state index in [9.17, 15) is 8.42 Å². The summed E-state index contributed by atoms with van der Waals surface area (Å²) in [6, 6.07) is 9.50. The summed E-state index contributed by atoms with van der Waals surface area (Å²) in [6.45, 7) is 5.35. The number of nitrogens with zero attached hydrogens (tertiary/aromatic N) is 2. The average Bonchev–Trinajstić information content (AvgIpc) is 3.17. The van der Waals surface area contributed by atoms with Crippen LogP contribution in [0.25, 0.3) is 0 Å². The van der Waals surface area contributed by atoms with Gasteiger partial charge >= 0.3 is 0 Å². The molecule has 0 bridgehead atoms. The first kappa shape index (κ1) is 21.0. The van der Waals surface area contributed by atoms with E-state index in [4.69, 9.17) is 14.2 Å². The molecule has 1 saturated heterocycles. The highest BCUT2D eigenvalue weighted by Crippen LogP contribution is 2.35. The predicted molar refractivity (Wildman–Crippen MR) is 115 cm³/mol. The minimum Gasteiger partial charge on any atom is -0.493 e. The number of hydrogen-bond donors (Lipinski definition) is 0. The highest BCUT2D eigenvalue weighted by molar-refractivity contribution is 7.89. The Labute approximate surface area is 178 Å². The van der Waals surface area contributed by atoms with Crippen LogP contribution in [0.15, 0.2) is 35.2 Å². The van der Waals surface area contributed by atoms with Gasteiger partial charge in [0, 0.05) is 31.9 Å². The van der Waals surface area contributed by atoms with Crippen LogP contribution in [-0.4, -0.2) is 59.8 Å². The Morgan fingerprint density at radius 3 is 2.40 bits per heavy atom. The fourth-order valence-corrected chi connectivity index (χ4v) is 5.57. The quantitative estimate of drug-likeness (QED) is 0.699. The number of sulfonamides is 1. The maximum Gasteiger partial charge on any atom is 0.243 e. The van der Waals surface area contributed by atoms with Gasteiger partial charge in [0.05, 0.1) is 32.3 Å². The molecule has 0 atom stereocenters. The molecule has 0 unspecified atom stereocenters. The van der Waals surface area contributed by atoms with Gasteiger partial charge in [-0.15, -0.1) is 0 Å². The zero-order chi connectivity index (χ0) is 21.3. The molecule has 0 N–H and O–H groups in total. The lowest BCUT2D eigenvalue weighted by atomic mass is 10.1. The van der Waals surface area contributed by atoms with E-state index < -0.39 is 10.0 Å². The Morgan fingerprint density at radius 2 is 1.70 bits per heavy atom. The third-order valence-electron chi connectivity index (χ3n) is 5.85. The molecule has 2 aliphatic heterocycles. The van der Waals surface area contributed by atoms with Crippen LogP contribution < -0.4 is 14.4 Å². The van der Waals surface area contributed by atoms with Gasteiger partial charge in [0.15, 0.2) is 11.5 Å². The van der Waals surface area contributed by atoms with Crippen molar-refractivity contribution in [3.8, 4) is 11.5 Å². The standard InChI is InChI=1S/C22H28N2O5S/c1-16-12-21(27-2)22(28-3)14-18(16)15-23-7-6-17-13-19(4-5-20(17)23)30(25,26)24-8-10-29-11-9-24/h4-5,12-14H,6-11,15H2,1-3H3. The first-order valence-electron chi connectivity index (χ1n) is 10.1. The molecule has 0 amide bonds. The van der Waals surface area contributed by atoms with Crippen molar-refractivity contribution in [2.24, 2.45) is 0 Å². The first-order valence-corrected chi connectivity index (χ1v) is 11.6. The van der Waals surface area contributed by atoms with Crippen molar-refractivity contribution in [1.82, 2.24) is 4.31 Å². The number of ether oxygens (including phenoxy) is 3. The predicted octanol–water partition coefficient (Wildman–Crippen LogP) is 2.60. The monoisotopic (exact) mass is 432 g/mol. The molecular weight excluding hydrogens is 404 g/mol. The van der Waals surface area contributed by atoms with E-state index >= 15 is 0 Å². The number of aryl methyl sites for hydroxylation is 1. The van der Waals surface area contributed by atoms with Crippen molar-refractivity contribution in [2.75, 3.05) is 52.0 Å². The lowest BCUT2D eigenvalue weighted by molar-refractivity contribution is 0.0730. The Bertz CT molecular complexity index is 1030. The van der Waals surface area contributed by atoms with Gasteiger partial charge < -0.3 is 19.1 Å². The van der Waals surface area contributed by atoms with Gasteiger partial charge in [-0.25, -0.2) is 8.42 Å². The van der Waals surface area contributed by atoms with Gasteiger partial charge in [-0.3, -0.25) is 0 Å². The van der Waals surface area contributed by atoms with Crippen LogP contribution in [0.4, 0.5) is 5.69 Å². The van der Waals surface area contributed by atoms with E-state index in [0.29, 0.717) is 36.9 Å². The van der Waals surface area contributed by atoms with Crippen LogP contribution in [0.1, 0.15) is 16.7 Å². The maximum atomic E-state index is 13.0. The molecular formula is C22H28N2O5S. The van der Waals surface area contributed by atoms with Gasteiger partial charge in [-0.2, -0.15) is 4.31 Å². The minimum absolute atomic E-state index is 0.368. The maximum absolute atomic E-state index is 13.0. The zero-order valence-electron chi connectivity index (χ0n) is 17.7. The van der Waals surface area contributed by atoms with Crippen LogP contribution in [0.5, 0.6) is 11.5 Å². The molecule has 8 heteroatoms. The summed E-state index contributed by atoms with van der Waals surface area (Å²) in [5, 5.41) is 0. The summed E-state index contributed by atoms with van der Waals surface area (Å²) < 4.78 is 43.6. The fourth-order valence-electron chi connectivity index (χ4n) is 4.11. The Morgan fingerprint density at radius 1 is 1.00 bits per heavy atom. The van der Waals surface area contributed by atoms with Crippen molar-refractivity contribution < 1.29 is 22.6 Å². The number of fused-ring (bicyclic) bond motifs is 1. The molecule has 162 valence electrons. The number of anilines is 1. The first-order chi connectivity index (χ1) is 14.4. The molecule has 1 fully saturated rings. The summed E-state index contributed by atoms with van der Waals surface area (Å²) in [5.41, 5.74) is 4.45. The molecule has 2 aliphatic rings. The third-order valence-corrected chi connectivity index (χ3v) is 7.75. The molecule has 4 rings (SSSR count). The Hall–Kier alpha value is -2.29. The van der Waals surface area contributed by atoms with E-state index in [1.807, 2.05) is 24.3 Å². The van der Waals surface area contributed by atoms with E-state index in [1.165, 1.54) is 4.31 Å². The molecule has 7 nitrogen and oxygen atoms in total. The second kappa shape index (κ2) is 8.45. The van der Waals surface area contributed by atoms with Crippen LogP contribution >= 0.6 is 0 Å². The van der Waals surface area contributed by atoms with Gasteiger partial charge in [-0.05, 0) is 60.4 Å². The highest BCUT2D eigenvalue weighted by atomic mass is 32.2. The summed E-state index contributed by atoms with van der Waals surface area (Å²) in [4.78, 5) is 2.65. The van der Waals surface area contributed by atoms with Crippen LogP contribution in [0, 0.1) is 6.92 Å².